The Kier molecular flexibility index (Phi) is 4.21. The second-order valence-corrected chi connectivity index (χ2v) is 4.76. The average molecular weight is 319 g/mol. The standard InChI is InChI=1S/C17H13N5O2/c1-2-11-24-14-5-3-13(4-6-14)16(23)22-17(18)20-15(21-22)12-7-9-19-10-8-12/h1,3-10H,11H2,(H2,18,20,21). The minimum atomic E-state index is -0.385. The number of nitrogens with zero attached hydrogens (tertiary/aromatic N) is 4. The first-order chi connectivity index (χ1) is 11.7. The van der Waals surface area contributed by atoms with Crippen LogP contribution in [0.15, 0.2) is 48.8 Å². The largest absolute Gasteiger partial charge is 0.481 e. The SMILES string of the molecule is C#CCOc1ccc(C(=O)n2nc(-c3ccncc3)nc2N)cc1. The number of anilines is 1. The number of terminal acetylenes is 1. The van der Waals surface area contributed by atoms with Crippen molar-refractivity contribution in [1.29, 1.82) is 0 Å². The van der Waals surface area contributed by atoms with Crippen molar-refractivity contribution in [2.45, 2.75) is 0 Å². The zero-order chi connectivity index (χ0) is 16.9. The second kappa shape index (κ2) is 6.62. The Hall–Kier alpha value is -3.66. The molecule has 0 radical (unpaired) electrons. The number of ether oxygens (including phenoxy) is 1. The Morgan fingerprint density at radius 2 is 1.92 bits per heavy atom. The third-order valence-corrected chi connectivity index (χ3v) is 3.19. The number of hydrogen-bond donors (Lipinski definition) is 1. The van der Waals surface area contributed by atoms with Gasteiger partial charge in [0, 0.05) is 23.5 Å². The van der Waals surface area contributed by atoms with E-state index in [1.807, 2.05) is 0 Å². The van der Waals surface area contributed by atoms with E-state index in [-0.39, 0.29) is 18.5 Å². The molecular formula is C17H13N5O2. The first kappa shape index (κ1) is 15.2. The molecule has 0 amide bonds. The summed E-state index contributed by atoms with van der Waals surface area (Å²) in [5, 5.41) is 4.17. The molecule has 0 unspecified atom stereocenters. The van der Waals surface area contributed by atoms with Gasteiger partial charge >= 0.3 is 0 Å². The number of pyridine rings is 1. The lowest BCUT2D eigenvalue weighted by atomic mass is 10.2. The van der Waals surface area contributed by atoms with Crippen molar-refractivity contribution in [3.63, 3.8) is 0 Å². The Morgan fingerprint density at radius 1 is 1.21 bits per heavy atom. The quantitative estimate of drug-likeness (QED) is 0.734. The summed E-state index contributed by atoms with van der Waals surface area (Å²) in [6, 6.07) is 10.0. The van der Waals surface area contributed by atoms with Gasteiger partial charge in [-0.2, -0.15) is 9.67 Å². The average Bonchev–Trinajstić information content (AvgIpc) is 3.02. The first-order valence-electron chi connectivity index (χ1n) is 7.03. The van der Waals surface area contributed by atoms with E-state index in [0.29, 0.717) is 17.1 Å². The lowest BCUT2D eigenvalue weighted by molar-refractivity contribution is 0.0948. The summed E-state index contributed by atoms with van der Waals surface area (Å²) in [7, 11) is 0. The molecule has 3 rings (SSSR count). The normalized spacial score (nSPS) is 10.1. The second-order valence-electron chi connectivity index (χ2n) is 4.76. The molecule has 1 aromatic carbocycles. The van der Waals surface area contributed by atoms with Crippen LogP contribution in [0.2, 0.25) is 0 Å². The summed E-state index contributed by atoms with van der Waals surface area (Å²) in [6.45, 7) is 0.165. The van der Waals surface area contributed by atoms with Gasteiger partial charge in [-0.15, -0.1) is 11.5 Å². The number of hydrogen-bond acceptors (Lipinski definition) is 6. The van der Waals surface area contributed by atoms with Crippen molar-refractivity contribution in [1.82, 2.24) is 19.7 Å². The molecule has 2 heterocycles. The molecule has 0 saturated carbocycles. The van der Waals surface area contributed by atoms with Crippen molar-refractivity contribution >= 4 is 11.9 Å². The third-order valence-electron chi connectivity index (χ3n) is 3.19. The fourth-order valence-electron chi connectivity index (χ4n) is 2.04. The van der Waals surface area contributed by atoms with E-state index in [1.54, 1.807) is 48.8 Å². The number of carbonyl (C=O) groups is 1. The van der Waals surface area contributed by atoms with Crippen LogP contribution in [0, 0.1) is 12.3 Å². The van der Waals surface area contributed by atoms with E-state index in [0.717, 1.165) is 10.2 Å². The van der Waals surface area contributed by atoms with Gasteiger partial charge in [0.05, 0.1) is 0 Å². The zero-order valence-corrected chi connectivity index (χ0v) is 12.6. The van der Waals surface area contributed by atoms with Crippen LogP contribution in [0.3, 0.4) is 0 Å². The summed E-state index contributed by atoms with van der Waals surface area (Å²) in [5.74, 6) is 2.94. The maximum Gasteiger partial charge on any atom is 0.281 e. The highest BCUT2D eigenvalue weighted by Gasteiger charge is 2.16. The third kappa shape index (κ3) is 3.08. The number of nitrogens with two attached hydrogens (primary N) is 1. The minimum absolute atomic E-state index is 0.0134. The number of nitrogen functional groups attached to an aromatic ring is 1. The highest BCUT2D eigenvalue weighted by Crippen LogP contribution is 2.18. The van der Waals surface area contributed by atoms with Crippen LogP contribution >= 0.6 is 0 Å². The number of benzene rings is 1. The monoisotopic (exact) mass is 319 g/mol. The molecule has 0 spiro atoms. The van der Waals surface area contributed by atoms with E-state index in [9.17, 15) is 4.79 Å². The van der Waals surface area contributed by atoms with Crippen molar-refractivity contribution in [3.05, 3.63) is 54.4 Å². The highest BCUT2D eigenvalue weighted by molar-refractivity contribution is 5.97. The van der Waals surface area contributed by atoms with Crippen molar-refractivity contribution in [2.24, 2.45) is 0 Å². The van der Waals surface area contributed by atoms with Crippen LogP contribution in [0.4, 0.5) is 5.95 Å². The molecule has 0 atom stereocenters. The van der Waals surface area contributed by atoms with Gasteiger partial charge in [0.15, 0.2) is 5.82 Å². The smallest absolute Gasteiger partial charge is 0.281 e. The lowest BCUT2D eigenvalue weighted by Gasteiger charge is -2.04. The maximum absolute atomic E-state index is 12.5. The number of aromatic nitrogens is 4. The molecule has 0 bridgehead atoms. The Balaban J connectivity index is 1.85. The predicted molar refractivity (Wildman–Crippen MR) is 88.2 cm³/mol. The van der Waals surface area contributed by atoms with Crippen LogP contribution in [-0.2, 0) is 0 Å². The van der Waals surface area contributed by atoms with Crippen molar-refractivity contribution < 1.29 is 9.53 Å². The molecule has 7 heteroatoms. The molecule has 7 nitrogen and oxygen atoms in total. The van der Waals surface area contributed by atoms with Gasteiger partial charge in [-0.3, -0.25) is 9.78 Å². The predicted octanol–water partition coefficient (Wildman–Crippen LogP) is 1.62. The molecule has 2 N–H and O–H groups in total. The molecule has 2 aromatic heterocycles. The fourth-order valence-corrected chi connectivity index (χ4v) is 2.04. The molecular weight excluding hydrogens is 306 g/mol. The molecule has 24 heavy (non-hydrogen) atoms. The van der Waals surface area contributed by atoms with E-state index in [2.05, 4.69) is 21.0 Å². The fraction of sp³-hybridized carbons (Fsp3) is 0.0588. The van der Waals surface area contributed by atoms with Crippen LogP contribution in [0.25, 0.3) is 11.4 Å². The molecule has 3 aromatic rings. The Morgan fingerprint density at radius 3 is 2.58 bits per heavy atom. The zero-order valence-electron chi connectivity index (χ0n) is 12.6. The first-order valence-corrected chi connectivity index (χ1v) is 7.03. The van der Waals surface area contributed by atoms with E-state index in [4.69, 9.17) is 16.9 Å². The van der Waals surface area contributed by atoms with Gasteiger partial charge in [-0.1, -0.05) is 5.92 Å². The van der Waals surface area contributed by atoms with E-state index >= 15 is 0 Å². The molecule has 0 aliphatic rings. The van der Waals surface area contributed by atoms with E-state index < -0.39 is 0 Å². The molecule has 0 fully saturated rings. The summed E-state index contributed by atoms with van der Waals surface area (Å²) in [5.41, 5.74) is 6.95. The van der Waals surface area contributed by atoms with Gasteiger partial charge in [0.1, 0.15) is 12.4 Å². The van der Waals surface area contributed by atoms with Crippen LogP contribution in [-0.4, -0.2) is 32.3 Å². The van der Waals surface area contributed by atoms with Gasteiger partial charge in [0.2, 0.25) is 5.95 Å². The topological polar surface area (TPSA) is 95.9 Å². The highest BCUT2D eigenvalue weighted by atomic mass is 16.5. The molecule has 0 aliphatic heterocycles. The summed E-state index contributed by atoms with van der Waals surface area (Å²) in [6.07, 6.45) is 8.36. The minimum Gasteiger partial charge on any atom is -0.481 e. The number of rotatable bonds is 4. The van der Waals surface area contributed by atoms with Crippen LogP contribution in [0.1, 0.15) is 10.4 Å². The van der Waals surface area contributed by atoms with Crippen LogP contribution in [0.5, 0.6) is 5.75 Å². The molecule has 0 saturated heterocycles. The molecule has 118 valence electrons. The van der Waals surface area contributed by atoms with Gasteiger partial charge in [-0.25, -0.2) is 0 Å². The summed E-state index contributed by atoms with van der Waals surface area (Å²) in [4.78, 5) is 20.6. The number of carbonyl (C=O) groups excluding carboxylic acids is 1. The Bertz CT molecular complexity index is 895. The van der Waals surface area contributed by atoms with Crippen LogP contribution < -0.4 is 10.5 Å². The van der Waals surface area contributed by atoms with Gasteiger partial charge in [-0.05, 0) is 36.4 Å². The van der Waals surface area contributed by atoms with Crippen molar-refractivity contribution in [3.8, 4) is 29.5 Å². The molecule has 0 aliphatic carbocycles. The summed E-state index contributed by atoms with van der Waals surface area (Å²) < 4.78 is 6.33. The lowest BCUT2D eigenvalue weighted by Crippen LogP contribution is -2.16. The summed E-state index contributed by atoms with van der Waals surface area (Å²) >= 11 is 0. The van der Waals surface area contributed by atoms with Gasteiger partial charge < -0.3 is 10.5 Å². The van der Waals surface area contributed by atoms with Crippen molar-refractivity contribution in [2.75, 3.05) is 12.3 Å². The maximum atomic E-state index is 12.5. The van der Waals surface area contributed by atoms with Gasteiger partial charge in [0.25, 0.3) is 5.91 Å². The Labute approximate surface area is 138 Å². The van der Waals surface area contributed by atoms with E-state index in [1.165, 1.54) is 0 Å².